The molecule has 0 radical (unpaired) electrons. The van der Waals surface area contributed by atoms with Crippen LogP contribution in [0.1, 0.15) is 29.3 Å². The van der Waals surface area contributed by atoms with E-state index in [2.05, 4.69) is 25.5 Å². The van der Waals surface area contributed by atoms with Crippen LogP contribution >= 0.6 is 34.8 Å². The number of nitrogens with one attached hydrogen (secondary N) is 2. The van der Waals surface area contributed by atoms with E-state index in [9.17, 15) is 4.79 Å². The lowest BCUT2D eigenvalue weighted by Crippen LogP contribution is -2.28. The Labute approximate surface area is 123 Å². The summed E-state index contributed by atoms with van der Waals surface area (Å²) in [6, 6.07) is -0.373. The van der Waals surface area contributed by atoms with Crippen LogP contribution < -0.4 is 5.32 Å². The highest BCUT2D eigenvalue weighted by Gasteiger charge is 2.19. The second kappa shape index (κ2) is 5.73. The lowest BCUT2D eigenvalue weighted by Gasteiger charge is -2.11. The fourth-order valence-corrected chi connectivity index (χ4v) is 1.92. The number of nitrogens with zero attached hydrogens (tertiary/aromatic N) is 3. The van der Waals surface area contributed by atoms with Gasteiger partial charge in [-0.15, -0.1) is 0 Å². The molecule has 2 aromatic heterocycles. The Morgan fingerprint density at radius 2 is 2.05 bits per heavy atom. The Bertz CT molecular complexity index is 601. The number of amides is 1. The zero-order valence-electron chi connectivity index (χ0n) is 9.62. The molecular weight excluding hydrogens is 313 g/mol. The summed E-state index contributed by atoms with van der Waals surface area (Å²) < 4.78 is 0. The molecule has 0 saturated carbocycles. The standard InChI is InChI=1S/C10H8Cl3N5O/c1-4(9-15-3-16-18-9)17-10(19)8-7(13)6(12)5(11)2-14-8/h2-4H,1H3,(H,17,19)(H,15,16,18). The number of aromatic nitrogens is 4. The van der Waals surface area contributed by atoms with Gasteiger partial charge >= 0.3 is 0 Å². The minimum absolute atomic E-state index is 0.00225. The SMILES string of the molecule is CC(NC(=O)c1ncc(Cl)c(Cl)c1Cl)c1ncn[nH]1. The van der Waals surface area contributed by atoms with Crippen LogP contribution in [0.25, 0.3) is 0 Å². The minimum atomic E-state index is -0.479. The summed E-state index contributed by atoms with van der Waals surface area (Å²) in [6.07, 6.45) is 2.62. The van der Waals surface area contributed by atoms with Crippen LogP contribution in [0, 0.1) is 0 Å². The van der Waals surface area contributed by atoms with Crippen LogP contribution in [0.15, 0.2) is 12.5 Å². The fourth-order valence-electron chi connectivity index (χ4n) is 1.36. The molecular formula is C10H8Cl3N5O. The van der Waals surface area contributed by atoms with E-state index in [4.69, 9.17) is 34.8 Å². The first-order chi connectivity index (χ1) is 9.00. The van der Waals surface area contributed by atoms with E-state index < -0.39 is 5.91 Å². The number of carbonyl (C=O) groups excluding carboxylic acids is 1. The second-order valence-electron chi connectivity index (χ2n) is 3.65. The van der Waals surface area contributed by atoms with Crippen molar-refractivity contribution in [3.8, 4) is 0 Å². The monoisotopic (exact) mass is 319 g/mol. The highest BCUT2D eigenvalue weighted by Crippen LogP contribution is 2.31. The third kappa shape index (κ3) is 2.97. The molecule has 100 valence electrons. The van der Waals surface area contributed by atoms with Crippen molar-refractivity contribution in [2.45, 2.75) is 13.0 Å². The zero-order valence-corrected chi connectivity index (χ0v) is 11.9. The van der Waals surface area contributed by atoms with Crippen molar-refractivity contribution in [3.05, 3.63) is 39.1 Å². The molecule has 0 fully saturated rings. The van der Waals surface area contributed by atoms with E-state index in [-0.39, 0.29) is 26.8 Å². The quantitative estimate of drug-likeness (QED) is 0.910. The molecule has 9 heteroatoms. The highest BCUT2D eigenvalue weighted by molar-refractivity contribution is 6.48. The van der Waals surface area contributed by atoms with E-state index in [0.717, 1.165) is 0 Å². The molecule has 0 aliphatic carbocycles. The molecule has 2 N–H and O–H groups in total. The van der Waals surface area contributed by atoms with Crippen LogP contribution in [-0.4, -0.2) is 26.1 Å². The van der Waals surface area contributed by atoms with Gasteiger partial charge in [0.1, 0.15) is 17.8 Å². The van der Waals surface area contributed by atoms with Crippen molar-refractivity contribution >= 4 is 40.7 Å². The third-order valence-corrected chi connectivity index (χ3v) is 3.56. The maximum Gasteiger partial charge on any atom is 0.272 e. The predicted octanol–water partition coefficient (Wildman–Crippen LogP) is 2.65. The van der Waals surface area contributed by atoms with Gasteiger partial charge in [-0.05, 0) is 6.92 Å². The number of rotatable bonds is 3. The van der Waals surface area contributed by atoms with E-state index in [1.54, 1.807) is 6.92 Å². The summed E-state index contributed by atoms with van der Waals surface area (Å²) in [5, 5.41) is 9.31. The molecule has 0 spiro atoms. The molecule has 6 nitrogen and oxygen atoms in total. The fraction of sp³-hybridized carbons (Fsp3) is 0.200. The molecule has 0 bridgehead atoms. The van der Waals surface area contributed by atoms with E-state index in [0.29, 0.717) is 5.82 Å². The largest absolute Gasteiger partial charge is 0.341 e. The van der Waals surface area contributed by atoms with Gasteiger partial charge < -0.3 is 5.32 Å². The molecule has 0 aromatic carbocycles. The number of halogens is 3. The molecule has 1 unspecified atom stereocenters. The van der Waals surface area contributed by atoms with Crippen molar-refractivity contribution in [1.29, 1.82) is 0 Å². The van der Waals surface area contributed by atoms with Gasteiger partial charge in [0.05, 0.1) is 21.1 Å². The molecule has 0 saturated heterocycles. The number of aromatic amines is 1. The Morgan fingerprint density at radius 1 is 1.32 bits per heavy atom. The van der Waals surface area contributed by atoms with Crippen molar-refractivity contribution < 1.29 is 4.79 Å². The normalized spacial score (nSPS) is 12.2. The summed E-state index contributed by atoms with van der Waals surface area (Å²) in [4.78, 5) is 19.8. The van der Waals surface area contributed by atoms with Gasteiger partial charge in [-0.3, -0.25) is 9.89 Å². The van der Waals surface area contributed by atoms with Crippen LogP contribution in [0.3, 0.4) is 0 Å². The topological polar surface area (TPSA) is 83.6 Å². The van der Waals surface area contributed by atoms with Gasteiger partial charge in [-0.1, -0.05) is 34.8 Å². The molecule has 1 amide bonds. The number of hydrogen-bond donors (Lipinski definition) is 2. The lowest BCUT2D eigenvalue weighted by molar-refractivity contribution is 0.0933. The van der Waals surface area contributed by atoms with Crippen LogP contribution in [-0.2, 0) is 0 Å². The second-order valence-corrected chi connectivity index (χ2v) is 4.81. The summed E-state index contributed by atoms with van der Waals surface area (Å²) in [5.41, 5.74) is 0.00225. The molecule has 1 atom stereocenters. The average Bonchev–Trinajstić information content (AvgIpc) is 2.89. The summed E-state index contributed by atoms with van der Waals surface area (Å²) in [7, 11) is 0. The Kier molecular flexibility index (Phi) is 4.24. The van der Waals surface area contributed by atoms with Gasteiger partial charge in [-0.25, -0.2) is 9.97 Å². The zero-order chi connectivity index (χ0) is 14.0. The van der Waals surface area contributed by atoms with Crippen molar-refractivity contribution in [2.24, 2.45) is 0 Å². The average molecular weight is 321 g/mol. The summed E-state index contributed by atoms with van der Waals surface area (Å²) in [6.45, 7) is 1.74. The molecule has 2 aromatic rings. The third-order valence-electron chi connectivity index (χ3n) is 2.32. The number of pyridine rings is 1. The van der Waals surface area contributed by atoms with Crippen molar-refractivity contribution in [3.63, 3.8) is 0 Å². The highest BCUT2D eigenvalue weighted by atomic mass is 35.5. The van der Waals surface area contributed by atoms with Crippen LogP contribution in [0.5, 0.6) is 0 Å². The Hall–Kier alpha value is -1.37. The molecule has 19 heavy (non-hydrogen) atoms. The predicted molar refractivity (Wildman–Crippen MR) is 71.5 cm³/mol. The summed E-state index contributed by atoms with van der Waals surface area (Å²) in [5.74, 6) is 0.0389. The molecule has 0 aliphatic rings. The van der Waals surface area contributed by atoms with E-state index in [1.165, 1.54) is 12.5 Å². The maximum atomic E-state index is 12.0. The molecule has 2 rings (SSSR count). The molecule has 0 aliphatic heterocycles. The number of H-pyrrole nitrogens is 1. The van der Waals surface area contributed by atoms with Crippen LogP contribution in [0.2, 0.25) is 15.1 Å². The summed E-state index contributed by atoms with van der Waals surface area (Å²) >= 11 is 17.5. The van der Waals surface area contributed by atoms with Gasteiger partial charge in [-0.2, -0.15) is 5.10 Å². The van der Waals surface area contributed by atoms with Crippen molar-refractivity contribution in [1.82, 2.24) is 25.5 Å². The van der Waals surface area contributed by atoms with Gasteiger partial charge in [0.25, 0.3) is 5.91 Å². The lowest BCUT2D eigenvalue weighted by atomic mass is 10.2. The molecule has 2 heterocycles. The van der Waals surface area contributed by atoms with Gasteiger partial charge in [0.2, 0.25) is 0 Å². The first kappa shape index (κ1) is 14.0. The Balaban J connectivity index is 2.19. The van der Waals surface area contributed by atoms with Gasteiger partial charge in [0.15, 0.2) is 0 Å². The first-order valence-corrected chi connectivity index (χ1v) is 6.29. The Morgan fingerprint density at radius 3 is 2.68 bits per heavy atom. The smallest absolute Gasteiger partial charge is 0.272 e. The van der Waals surface area contributed by atoms with Gasteiger partial charge in [0, 0.05) is 6.20 Å². The number of hydrogen-bond acceptors (Lipinski definition) is 4. The number of carbonyl (C=O) groups is 1. The maximum absolute atomic E-state index is 12.0. The van der Waals surface area contributed by atoms with Crippen LogP contribution in [0.4, 0.5) is 0 Å². The van der Waals surface area contributed by atoms with E-state index >= 15 is 0 Å². The first-order valence-electron chi connectivity index (χ1n) is 5.16. The minimum Gasteiger partial charge on any atom is -0.341 e. The van der Waals surface area contributed by atoms with E-state index in [1.807, 2.05) is 0 Å². The van der Waals surface area contributed by atoms with Crippen molar-refractivity contribution in [2.75, 3.05) is 0 Å².